The van der Waals surface area contributed by atoms with E-state index in [0.29, 0.717) is 6.21 Å². The molecule has 4 N–H and O–H groups in total. The first-order valence-electron chi connectivity index (χ1n) is 12.2. The SMILES string of the molecule is C\C=C(/N=C\C(=C/CC)C(F)(F)F)NCC1C(C)CC(F)(F)CN1C(=O)C(=N)/C(=C\NC)C1N=CC=CN1. The zero-order valence-electron chi connectivity index (χ0n) is 21.7. The second kappa shape index (κ2) is 13.3. The smallest absolute Gasteiger partial charge is 0.394 e. The third-order valence-electron chi connectivity index (χ3n) is 5.97. The molecular formula is C25H34F5N7O. The molecule has 0 aromatic heterocycles. The van der Waals surface area contributed by atoms with E-state index in [4.69, 9.17) is 5.41 Å². The third-order valence-corrected chi connectivity index (χ3v) is 5.97. The lowest BCUT2D eigenvalue weighted by Crippen LogP contribution is -2.59. The van der Waals surface area contributed by atoms with Crippen molar-refractivity contribution in [2.45, 2.75) is 57.9 Å². The molecule has 0 saturated carbocycles. The summed E-state index contributed by atoms with van der Waals surface area (Å²) in [6, 6.07) is -0.778. The van der Waals surface area contributed by atoms with Gasteiger partial charge in [-0.05, 0) is 37.6 Å². The number of amides is 1. The molecule has 0 aromatic rings. The quantitative estimate of drug-likeness (QED) is 0.248. The molecule has 13 heteroatoms. The van der Waals surface area contributed by atoms with E-state index in [-0.39, 0.29) is 24.4 Å². The van der Waals surface area contributed by atoms with Crippen LogP contribution in [0.1, 0.15) is 33.6 Å². The fourth-order valence-electron chi connectivity index (χ4n) is 4.16. The van der Waals surface area contributed by atoms with Crippen LogP contribution in [0.5, 0.6) is 0 Å². The average Bonchev–Trinajstić information content (AvgIpc) is 2.85. The summed E-state index contributed by atoms with van der Waals surface area (Å²) in [7, 11) is 1.57. The number of nitrogens with zero attached hydrogens (tertiary/aromatic N) is 3. The highest BCUT2D eigenvalue weighted by atomic mass is 19.4. The lowest BCUT2D eigenvalue weighted by atomic mass is 9.87. The maximum atomic E-state index is 14.6. The number of halogens is 5. The third kappa shape index (κ3) is 8.25. The van der Waals surface area contributed by atoms with Gasteiger partial charge in [0.2, 0.25) is 0 Å². The van der Waals surface area contributed by atoms with Crippen molar-refractivity contribution in [3.05, 3.63) is 47.6 Å². The van der Waals surface area contributed by atoms with Gasteiger partial charge >= 0.3 is 6.18 Å². The molecule has 2 aliphatic rings. The molecule has 3 atom stereocenters. The van der Waals surface area contributed by atoms with Gasteiger partial charge in [-0.1, -0.05) is 19.9 Å². The number of hydrogen-bond acceptors (Lipinski definition) is 7. The van der Waals surface area contributed by atoms with E-state index < -0.39 is 60.4 Å². The molecule has 2 heterocycles. The van der Waals surface area contributed by atoms with Gasteiger partial charge in [0, 0.05) is 44.2 Å². The second-order valence-electron chi connectivity index (χ2n) is 8.91. The van der Waals surface area contributed by atoms with Gasteiger partial charge in [0.1, 0.15) is 17.7 Å². The van der Waals surface area contributed by atoms with E-state index in [1.54, 1.807) is 40.1 Å². The molecule has 3 unspecified atom stereocenters. The van der Waals surface area contributed by atoms with Crippen LogP contribution in [0.2, 0.25) is 0 Å². The van der Waals surface area contributed by atoms with Crippen molar-refractivity contribution >= 4 is 24.0 Å². The Kier molecular flexibility index (Phi) is 10.8. The number of nitrogens with one attached hydrogen (secondary N) is 4. The van der Waals surface area contributed by atoms with Crippen LogP contribution >= 0.6 is 0 Å². The molecule has 2 aliphatic heterocycles. The molecule has 1 amide bonds. The Morgan fingerprint density at radius 3 is 2.63 bits per heavy atom. The highest BCUT2D eigenvalue weighted by Crippen LogP contribution is 2.35. The first-order valence-corrected chi connectivity index (χ1v) is 12.2. The molecule has 0 aliphatic carbocycles. The van der Waals surface area contributed by atoms with Crippen molar-refractivity contribution in [1.29, 1.82) is 5.41 Å². The van der Waals surface area contributed by atoms with Crippen LogP contribution < -0.4 is 16.0 Å². The zero-order chi connectivity index (χ0) is 28.5. The number of rotatable bonds is 10. The molecule has 8 nitrogen and oxygen atoms in total. The summed E-state index contributed by atoms with van der Waals surface area (Å²) < 4.78 is 68.6. The highest BCUT2D eigenvalue weighted by Gasteiger charge is 2.47. The normalized spacial score (nSPS) is 24.4. The van der Waals surface area contributed by atoms with Gasteiger partial charge in [0.25, 0.3) is 11.8 Å². The molecular weight excluding hydrogens is 509 g/mol. The first kappa shape index (κ1) is 30.7. The zero-order valence-corrected chi connectivity index (χ0v) is 21.7. The van der Waals surface area contributed by atoms with E-state index in [2.05, 4.69) is 25.9 Å². The maximum absolute atomic E-state index is 14.6. The average molecular weight is 544 g/mol. The minimum absolute atomic E-state index is 0.0558. The van der Waals surface area contributed by atoms with Crippen LogP contribution in [0.25, 0.3) is 0 Å². The van der Waals surface area contributed by atoms with Gasteiger partial charge in [-0.2, -0.15) is 13.2 Å². The van der Waals surface area contributed by atoms with E-state index in [9.17, 15) is 26.7 Å². The fraction of sp³-hybridized carbons (Fsp3) is 0.520. The Bertz CT molecular complexity index is 1040. The van der Waals surface area contributed by atoms with Gasteiger partial charge in [-0.3, -0.25) is 15.2 Å². The summed E-state index contributed by atoms with van der Waals surface area (Å²) in [5, 5.41) is 17.1. The summed E-state index contributed by atoms with van der Waals surface area (Å²) in [4.78, 5) is 22.4. The lowest BCUT2D eigenvalue weighted by molar-refractivity contribution is -0.145. The predicted molar refractivity (Wildman–Crippen MR) is 138 cm³/mol. The summed E-state index contributed by atoms with van der Waals surface area (Å²) in [6.45, 7) is 3.75. The van der Waals surface area contributed by atoms with E-state index in [0.717, 1.165) is 11.0 Å². The summed E-state index contributed by atoms with van der Waals surface area (Å²) in [5.41, 5.74) is -1.26. The Balaban J connectivity index is 2.27. The summed E-state index contributed by atoms with van der Waals surface area (Å²) in [6.07, 6.45) is 3.61. The molecule has 2 rings (SSSR count). The Hall–Kier alpha value is -3.51. The number of aliphatic imine (C=N–C) groups is 2. The number of carbonyl (C=O) groups excluding carboxylic acids is 1. The standard InChI is InChI=1S/C25H34F5N7O/c1-5-8-17(25(28,29)30)12-35-20(6-2)36-14-19-16(3)11-24(26,27)15-37(19)23(38)21(31)18(13-32-4)22-33-9-7-10-34-22/h6-10,12-13,16,19,22,31-33,36H,5,11,14-15H2,1-4H3/b17-8+,18-13+,20-6+,31-21?,35-12-. The minimum Gasteiger partial charge on any atom is -0.394 e. The lowest BCUT2D eigenvalue weighted by Gasteiger charge is -2.43. The Morgan fingerprint density at radius 1 is 1.37 bits per heavy atom. The Morgan fingerprint density at radius 2 is 2.08 bits per heavy atom. The van der Waals surface area contributed by atoms with Crippen LogP contribution in [-0.4, -0.2) is 73.4 Å². The number of hydrogen-bond donors (Lipinski definition) is 4. The largest absolute Gasteiger partial charge is 0.417 e. The van der Waals surface area contributed by atoms with E-state index >= 15 is 0 Å². The molecule has 0 bridgehead atoms. The van der Waals surface area contributed by atoms with E-state index in [1.807, 2.05) is 0 Å². The number of likely N-dealkylation sites (tertiary alicyclic amines) is 1. The summed E-state index contributed by atoms with van der Waals surface area (Å²) in [5.74, 6) is -4.67. The van der Waals surface area contributed by atoms with Crippen molar-refractivity contribution in [3.63, 3.8) is 0 Å². The topological polar surface area (TPSA) is 105 Å². The molecule has 1 saturated heterocycles. The van der Waals surface area contributed by atoms with Crippen LogP contribution in [-0.2, 0) is 4.79 Å². The van der Waals surface area contributed by atoms with Gasteiger partial charge in [-0.25, -0.2) is 13.8 Å². The van der Waals surface area contributed by atoms with Crippen LogP contribution in [0.15, 0.2) is 57.6 Å². The highest BCUT2D eigenvalue weighted by molar-refractivity contribution is 6.44. The summed E-state index contributed by atoms with van der Waals surface area (Å²) >= 11 is 0. The van der Waals surface area contributed by atoms with Crippen molar-refractivity contribution in [3.8, 4) is 0 Å². The van der Waals surface area contributed by atoms with Gasteiger partial charge in [0.05, 0.1) is 18.2 Å². The molecule has 210 valence electrons. The number of piperidine rings is 1. The predicted octanol–water partition coefficient (Wildman–Crippen LogP) is 3.92. The van der Waals surface area contributed by atoms with Crippen LogP contribution in [0, 0.1) is 11.3 Å². The minimum atomic E-state index is -4.57. The van der Waals surface area contributed by atoms with Crippen LogP contribution in [0.4, 0.5) is 22.0 Å². The number of allylic oxidation sites excluding steroid dienone is 4. The number of carbonyl (C=O) groups is 1. The van der Waals surface area contributed by atoms with Gasteiger partial charge in [-0.15, -0.1) is 0 Å². The number of alkyl halides is 5. The van der Waals surface area contributed by atoms with E-state index in [1.165, 1.54) is 18.5 Å². The van der Waals surface area contributed by atoms with Crippen molar-refractivity contribution in [2.75, 3.05) is 20.1 Å². The fourth-order valence-corrected chi connectivity index (χ4v) is 4.16. The monoisotopic (exact) mass is 543 g/mol. The molecule has 0 radical (unpaired) electrons. The van der Waals surface area contributed by atoms with Crippen molar-refractivity contribution in [2.24, 2.45) is 15.9 Å². The molecule has 1 fully saturated rings. The molecule has 0 aromatic carbocycles. The van der Waals surface area contributed by atoms with Gasteiger partial charge < -0.3 is 20.9 Å². The van der Waals surface area contributed by atoms with Gasteiger partial charge in [0.15, 0.2) is 0 Å². The first-order chi connectivity index (χ1) is 17.8. The molecule has 0 spiro atoms. The molecule has 38 heavy (non-hydrogen) atoms. The maximum Gasteiger partial charge on any atom is 0.417 e. The second-order valence-corrected chi connectivity index (χ2v) is 8.91. The van der Waals surface area contributed by atoms with Crippen LogP contribution in [0.3, 0.4) is 0 Å². The van der Waals surface area contributed by atoms with Crippen molar-refractivity contribution < 1.29 is 26.7 Å². The van der Waals surface area contributed by atoms with Crippen molar-refractivity contribution in [1.82, 2.24) is 20.9 Å². The Labute approximate surface area is 219 Å².